The molecule has 5 nitrogen and oxygen atoms in total. The zero-order valence-corrected chi connectivity index (χ0v) is 14.1. The largest absolute Gasteiger partial charge is 0.455 e. The van der Waals surface area contributed by atoms with Crippen LogP contribution in [-0.4, -0.2) is 14.3 Å². The topological polar surface area (TPSA) is 76.4 Å². The van der Waals surface area contributed by atoms with Crippen LogP contribution in [0.1, 0.15) is 16.3 Å². The number of hydrogen-bond acceptors (Lipinski definition) is 4. The van der Waals surface area contributed by atoms with Crippen LogP contribution in [-0.2, 0) is 15.6 Å². The lowest BCUT2D eigenvalue weighted by atomic mass is 10.3. The van der Waals surface area contributed by atoms with Crippen molar-refractivity contribution in [1.82, 2.24) is 0 Å². The Kier molecular flexibility index (Phi) is 4.85. The fourth-order valence-corrected chi connectivity index (χ4v) is 3.53. The van der Waals surface area contributed by atoms with E-state index in [2.05, 4.69) is 5.32 Å². The first-order chi connectivity index (χ1) is 12.4. The number of nitrogens with one attached hydrogen (secondary N) is 1. The van der Waals surface area contributed by atoms with Gasteiger partial charge < -0.3 is 9.73 Å². The minimum atomic E-state index is -3.63. The fraction of sp³-hybridized carbons (Fsp3) is 0.0556. The van der Waals surface area contributed by atoms with E-state index in [-0.39, 0.29) is 22.1 Å². The first-order valence-corrected chi connectivity index (χ1v) is 9.14. The zero-order chi connectivity index (χ0) is 18.7. The standard InChI is InChI=1S/C18H13F2NO4S/c19-14-7-4-8-15(17(14)20)21-18(22)16-10-9-12(25-16)11-26(23,24)13-5-2-1-3-6-13/h1-10H,11H2,(H,21,22). The first-order valence-electron chi connectivity index (χ1n) is 7.49. The van der Waals surface area contributed by atoms with E-state index in [4.69, 9.17) is 4.42 Å². The molecule has 0 saturated heterocycles. The Bertz CT molecular complexity index is 1050. The molecular weight excluding hydrogens is 364 g/mol. The highest BCUT2D eigenvalue weighted by atomic mass is 32.2. The quantitative estimate of drug-likeness (QED) is 0.734. The van der Waals surface area contributed by atoms with Crippen LogP contribution in [0.5, 0.6) is 0 Å². The molecule has 0 radical (unpaired) electrons. The van der Waals surface area contributed by atoms with Gasteiger partial charge in [0.05, 0.1) is 10.6 Å². The van der Waals surface area contributed by atoms with Gasteiger partial charge in [0.2, 0.25) is 0 Å². The van der Waals surface area contributed by atoms with Gasteiger partial charge in [-0.05, 0) is 36.4 Å². The van der Waals surface area contributed by atoms with Crippen LogP contribution in [0.2, 0.25) is 0 Å². The lowest BCUT2D eigenvalue weighted by Gasteiger charge is -2.05. The maximum atomic E-state index is 13.6. The Morgan fingerprint density at radius 3 is 2.42 bits per heavy atom. The summed E-state index contributed by atoms with van der Waals surface area (Å²) in [5.41, 5.74) is -0.343. The van der Waals surface area contributed by atoms with Gasteiger partial charge >= 0.3 is 0 Å². The van der Waals surface area contributed by atoms with Crippen molar-refractivity contribution in [3.8, 4) is 0 Å². The third-order valence-electron chi connectivity index (χ3n) is 3.52. The Morgan fingerprint density at radius 1 is 0.962 bits per heavy atom. The van der Waals surface area contributed by atoms with E-state index in [1.807, 2.05) is 0 Å². The second-order valence-electron chi connectivity index (χ2n) is 5.39. The molecule has 8 heteroatoms. The lowest BCUT2D eigenvalue weighted by molar-refractivity contribution is 0.0994. The van der Waals surface area contributed by atoms with Gasteiger partial charge in [-0.25, -0.2) is 17.2 Å². The summed E-state index contributed by atoms with van der Waals surface area (Å²) in [6.07, 6.45) is 0. The summed E-state index contributed by atoms with van der Waals surface area (Å²) in [5.74, 6) is -3.71. The van der Waals surface area contributed by atoms with E-state index >= 15 is 0 Å². The van der Waals surface area contributed by atoms with Gasteiger partial charge in [0.15, 0.2) is 27.2 Å². The summed E-state index contributed by atoms with van der Waals surface area (Å²) in [6, 6.07) is 13.8. The maximum Gasteiger partial charge on any atom is 0.291 e. The van der Waals surface area contributed by atoms with Crippen molar-refractivity contribution in [2.75, 3.05) is 5.32 Å². The Balaban J connectivity index is 1.75. The maximum absolute atomic E-state index is 13.6. The molecule has 0 aliphatic heterocycles. The molecule has 0 bridgehead atoms. The Labute approximate surface area is 148 Å². The van der Waals surface area contributed by atoms with Crippen molar-refractivity contribution in [2.24, 2.45) is 0 Å². The molecule has 0 unspecified atom stereocenters. The molecule has 0 aliphatic carbocycles. The van der Waals surface area contributed by atoms with Gasteiger partial charge in [0.1, 0.15) is 11.5 Å². The van der Waals surface area contributed by atoms with Crippen LogP contribution in [0.4, 0.5) is 14.5 Å². The number of halogens is 2. The second kappa shape index (κ2) is 7.09. The third-order valence-corrected chi connectivity index (χ3v) is 5.17. The molecule has 134 valence electrons. The predicted octanol–water partition coefficient (Wildman–Crippen LogP) is 3.78. The number of benzene rings is 2. The molecule has 0 fully saturated rings. The number of sulfone groups is 1. The molecule has 1 aromatic heterocycles. The van der Waals surface area contributed by atoms with Gasteiger partial charge in [-0.15, -0.1) is 0 Å². The monoisotopic (exact) mass is 377 g/mol. The Morgan fingerprint density at radius 2 is 1.69 bits per heavy atom. The Hall–Kier alpha value is -3.00. The number of anilines is 1. The average Bonchev–Trinajstić information content (AvgIpc) is 3.07. The van der Waals surface area contributed by atoms with Crippen LogP contribution < -0.4 is 5.32 Å². The zero-order valence-electron chi connectivity index (χ0n) is 13.3. The molecule has 1 heterocycles. The third kappa shape index (κ3) is 3.80. The van der Waals surface area contributed by atoms with Gasteiger partial charge in [0, 0.05) is 0 Å². The van der Waals surface area contributed by atoms with Crippen molar-refractivity contribution in [3.05, 3.63) is 83.8 Å². The molecule has 0 atom stereocenters. The summed E-state index contributed by atoms with van der Waals surface area (Å²) < 4.78 is 56.6. The van der Waals surface area contributed by atoms with Gasteiger partial charge in [-0.2, -0.15) is 0 Å². The molecule has 3 aromatic rings. The SMILES string of the molecule is O=C(Nc1cccc(F)c1F)c1ccc(CS(=O)(=O)c2ccccc2)o1. The number of furan rings is 1. The van der Waals surface area contributed by atoms with Gasteiger partial charge in [-0.3, -0.25) is 4.79 Å². The summed E-state index contributed by atoms with van der Waals surface area (Å²) in [4.78, 5) is 12.2. The minimum Gasteiger partial charge on any atom is -0.455 e. The van der Waals surface area contributed by atoms with E-state index in [1.165, 1.54) is 36.4 Å². The van der Waals surface area contributed by atoms with Crippen molar-refractivity contribution in [1.29, 1.82) is 0 Å². The van der Waals surface area contributed by atoms with E-state index in [0.717, 1.165) is 6.07 Å². The predicted molar refractivity (Wildman–Crippen MR) is 90.4 cm³/mol. The smallest absolute Gasteiger partial charge is 0.291 e. The highest BCUT2D eigenvalue weighted by Crippen LogP contribution is 2.20. The van der Waals surface area contributed by atoms with Crippen molar-refractivity contribution >= 4 is 21.4 Å². The molecule has 0 spiro atoms. The molecule has 1 N–H and O–H groups in total. The molecule has 3 rings (SSSR count). The molecule has 26 heavy (non-hydrogen) atoms. The van der Waals surface area contributed by atoms with Gasteiger partial charge in [-0.1, -0.05) is 24.3 Å². The lowest BCUT2D eigenvalue weighted by Crippen LogP contribution is -2.12. The highest BCUT2D eigenvalue weighted by Gasteiger charge is 2.20. The van der Waals surface area contributed by atoms with Crippen molar-refractivity contribution in [3.63, 3.8) is 0 Å². The number of hydrogen-bond donors (Lipinski definition) is 1. The average molecular weight is 377 g/mol. The molecule has 0 saturated carbocycles. The molecule has 1 amide bonds. The number of carbonyl (C=O) groups is 1. The van der Waals surface area contributed by atoms with Crippen molar-refractivity contribution < 1.29 is 26.4 Å². The summed E-state index contributed by atoms with van der Waals surface area (Å²) in [5, 5.41) is 2.18. The minimum absolute atomic E-state index is 0.0544. The molecule has 0 aliphatic rings. The van der Waals surface area contributed by atoms with E-state index in [9.17, 15) is 22.0 Å². The number of amides is 1. The van der Waals surface area contributed by atoms with Gasteiger partial charge in [0.25, 0.3) is 5.91 Å². The molecule has 2 aromatic carbocycles. The fourth-order valence-electron chi connectivity index (χ4n) is 2.26. The van der Waals surface area contributed by atoms with Crippen LogP contribution in [0.15, 0.2) is 70.0 Å². The molecular formula is C18H13F2NO4S. The summed E-state index contributed by atoms with van der Waals surface area (Å²) >= 11 is 0. The normalized spacial score (nSPS) is 11.3. The summed E-state index contributed by atoms with van der Waals surface area (Å²) in [6.45, 7) is 0. The highest BCUT2D eigenvalue weighted by molar-refractivity contribution is 7.90. The van der Waals surface area contributed by atoms with Crippen molar-refractivity contribution in [2.45, 2.75) is 10.6 Å². The van der Waals surface area contributed by atoms with Crippen LogP contribution in [0.3, 0.4) is 0 Å². The number of rotatable bonds is 5. The van der Waals surface area contributed by atoms with Crippen LogP contribution in [0, 0.1) is 11.6 Å². The van der Waals surface area contributed by atoms with Crippen LogP contribution in [0.25, 0.3) is 0 Å². The first kappa shape index (κ1) is 17.8. The second-order valence-corrected chi connectivity index (χ2v) is 7.38. The number of carbonyl (C=O) groups excluding carboxylic acids is 1. The van der Waals surface area contributed by atoms with Crippen LogP contribution >= 0.6 is 0 Å². The van der Waals surface area contributed by atoms with E-state index in [0.29, 0.717) is 0 Å². The summed E-state index contributed by atoms with van der Waals surface area (Å²) in [7, 11) is -3.63. The van der Waals surface area contributed by atoms with E-state index in [1.54, 1.807) is 18.2 Å². The van der Waals surface area contributed by atoms with E-state index < -0.39 is 33.1 Å².